The first-order valence-electron chi connectivity index (χ1n) is 14.1. The lowest BCUT2D eigenvalue weighted by atomic mass is 9.68. The minimum atomic E-state index is -9.20. The number of thiazole rings is 1. The van der Waals surface area contributed by atoms with Crippen LogP contribution in [0.1, 0.15) is 60.6 Å². The number of para-hydroxylation sites is 1. The fraction of sp³-hybridized carbons (Fsp3) is 0.607. The van der Waals surface area contributed by atoms with Crippen LogP contribution in [0.5, 0.6) is 0 Å². The molecule has 3 rings (SSSR count). The van der Waals surface area contributed by atoms with E-state index >= 15 is 13.2 Å². The highest BCUT2D eigenvalue weighted by Gasteiger charge is 3.02. The van der Waals surface area contributed by atoms with Crippen molar-refractivity contribution < 1.29 is 84.2 Å². The Hall–Kier alpha value is -3.40. The molecule has 1 unspecified atom stereocenters. The minimum Gasteiger partial charge on any atom is -0.337 e. The van der Waals surface area contributed by atoms with Gasteiger partial charge in [-0.25, -0.2) is 18.2 Å². The zero-order chi connectivity index (χ0) is 39.6. The molecular weight excluding hydrogens is 765 g/mol. The standard InChI is InChI=1S/C28H24F17N3O2S/c1-20(2,3)14-6-4-5-7-15(14)46-17(49)16-12-51-18(47-16)13-8-10-48(11-9-13)19(50)21(29,30)23(31,28(43,44)45)24(32,33)22(25(34,35)36,26(37,38)39)27(40,41)42/h4-7,12-13H,8-11H2,1-3H3,(H,46,49). The van der Waals surface area contributed by atoms with E-state index in [0.717, 1.165) is 16.9 Å². The van der Waals surface area contributed by atoms with Gasteiger partial charge in [0.1, 0.15) is 5.69 Å². The van der Waals surface area contributed by atoms with Crippen LogP contribution in [0, 0.1) is 5.41 Å². The Morgan fingerprint density at radius 1 is 0.745 bits per heavy atom. The van der Waals surface area contributed by atoms with Crippen molar-refractivity contribution in [2.24, 2.45) is 5.41 Å². The summed E-state index contributed by atoms with van der Waals surface area (Å²) in [6, 6.07) is 6.67. The summed E-state index contributed by atoms with van der Waals surface area (Å²) in [5.41, 5.74) is -17.3. The number of piperidine rings is 1. The first-order valence-corrected chi connectivity index (χ1v) is 15.0. The van der Waals surface area contributed by atoms with Gasteiger partial charge in [-0.2, -0.15) is 61.5 Å². The average molecular weight is 790 g/mol. The summed E-state index contributed by atoms with van der Waals surface area (Å²) < 4.78 is 236. The summed E-state index contributed by atoms with van der Waals surface area (Å²) in [6.07, 6.45) is -35.5. The molecule has 2 aromatic rings. The number of anilines is 1. The van der Waals surface area contributed by atoms with Gasteiger partial charge in [-0.05, 0) is 29.9 Å². The fourth-order valence-corrected chi connectivity index (χ4v) is 6.49. The highest BCUT2D eigenvalue weighted by atomic mass is 32.1. The Kier molecular flexibility index (Phi) is 10.6. The molecule has 1 aromatic carbocycles. The van der Waals surface area contributed by atoms with Crippen LogP contribution >= 0.6 is 11.3 Å². The number of halogens is 17. The molecule has 1 saturated heterocycles. The lowest BCUT2D eigenvalue weighted by molar-refractivity contribution is -0.509. The molecule has 2 heterocycles. The number of rotatable bonds is 7. The Labute approximate surface area is 280 Å². The fourth-order valence-electron chi connectivity index (χ4n) is 5.52. The van der Waals surface area contributed by atoms with Crippen LogP contribution in [0.2, 0.25) is 0 Å². The van der Waals surface area contributed by atoms with Crippen molar-refractivity contribution in [3.63, 3.8) is 0 Å². The summed E-state index contributed by atoms with van der Waals surface area (Å²) in [6.45, 7) is 3.10. The van der Waals surface area contributed by atoms with Crippen molar-refractivity contribution >= 4 is 28.8 Å². The number of carbonyl (C=O) groups excluding carboxylic acids is 2. The number of amides is 2. The number of nitrogens with zero attached hydrogens (tertiary/aromatic N) is 2. The van der Waals surface area contributed by atoms with Gasteiger partial charge in [0.05, 0.1) is 5.01 Å². The number of benzene rings is 1. The average Bonchev–Trinajstić information content (AvgIpc) is 3.43. The zero-order valence-corrected chi connectivity index (χ0v) is 26.7. The van der Waals surface area contributed by atoms with Crippen LogP contribution in [0.4, 0.5) is 80.3 Å². The van der Waals surface area contributed by atoms with E-state index in [4.69, 9.17) is 0 Å². The molecule has 1 aliphatic rings. The predicted molar refractivity (Wildman–Crippen MR) is 144 cm³/mol. The highest BCUT2D eigenvalue weighted by Crippen LogP contribution is 2.72. The Balaban J connectivity index is 1.92. The molecule has 1 fully saturated rings. The van der Waals surface area contributed by atoms with Crippen LogP contribution in [0.3, 0.4) is 0 Å². The van der Waals surface area contributed by atoms with Crippen LogP contribution < -0.4 is 5.32 Å². The predicted octanol–water partition coefficient (Wildman–Crippen LogP) is 9.61. The summed E-state index contributed by atoms with van der Waals surface area (Å²) in [7, 11) is 0. The monoisotopic (exact) mass is 789 g/mol. The van der Waals surface area contributed by atoms with E-state index in [0.29, 0.717) is 5.69 Å². The maximum atomic E-state index is 15.2. The van der Waals surface area contributed by atoms with Gasteiger partial charge in [0.25, 0.3) is 11.8 Å². The number of likely N-dealkylation sites (tertiary alicyclic amines) is 1. The summed E-state index contributed by atoms with van der Waals surface area (Å²) in [5, 5.41) is 3.91. The van der Waals surface area contributed by atoms with E-state index in [9.17, 15) is 71.1 Å². The lowest BCUT2D eigenvalue weighted by Crippen LogP contribution is -2.81. The third-order valence-electron chi connectivity index (χ3n) is 8.14. The third-order valence-corrected chi connectivity index (χ3v) is 9.15. The van der Waals surface area contributed by atoms with Gasteiger partial charge in [-0.3, -0.25) is 9.59 Å². The number of hydrogen-bond donors (Lipinski definition) is 1. The molecule has 0 bridgehead atoms. The number of hydrogen-bond acceptors (Lipinski definition) is 4. The van der Waals surface area contributed by atoms with Gasteiger partial charge in [0.2, 0.25) is 0 Å². The van der Waals surface area contributed by atoms with E-state index in [1.165, 1.54) is 5.38 Å². The SMILES string of the molecule is CC(C)(C)c1ccccc1NC(=O)c1csc(C2CCN(C(=O)C(F)(F)C(F)(C(F)(F)F)C(F)(F)C(C(F)(F)F)(C(F)(F)F)C(F)(F)F)CC2)n1. The molecule has 1 N–H and O–H groups in total. The van der Waals surface area contributed by atoms with Crippen molar-refractivity contribution in [1.82, 2.24) is 9.88 Å². The summed E-state index contributed by atoms with van der Waals surface area (Å²) >= 11 is 0.789. The normalized spacial score (nSPS) is 17.7. The second-order valence-corrected chi connectivity index (χ2v) is 13.3. The molecule has 2 amide bonds. The van der Waals surface area contributed by atoms with Gasteiger partial charge < -0.3 is 10.2 Å². The van der Waals surface area contributed by atoms with Crippen LogP contribution in [0.15, 0.2) is 29.6 Å². The van der Waals surface area contributed by atoms with Gasteiger partial charge in [0.15, 0.2) is 0 Å². The van der Waals surface area contributed by atoms with Gasteiger partial charge >= 0.3 is 47.6 Å². The van der Waals surface area contributed by atoms with Crippen molar-refractivity contribution in [3.05, 3.63) is 45.9 Å². The topological polar surface area (TPSA) is 62.3 Å². The molecule has 5 nitrogen and oxygen atoms in total. The smallest absolute Gasteiger partial charge is 0.337 e. The molecule has 288 valence electrons. The Morgan fingerprint density at radius 3 is 1.65 bits per heavy atom. The highest BCUT2D eigenvalue weighted by molar-refractivity contribution is 7.10. The Morgan fingerprint density at radius 2 is 1.22 bits per heavy atom. The molecule has 0 spiro atoms. The van der Waals surface area contributed by atoms with Crippen LogP contribution in [-0.4, -0.2) is 77.0 Å². The van der Waals surface area contributed by atoms with E-state index in [-0.39, 0.29) is 10.7 Å². The number of carbonyl (C=O) groups is 2. The second-order valence-electron chi connectivity index (χ2n) is 12.4. The van der Waals surface area contributed by atoms with E-state index < -0.39 is 102 Å². The first-order chi connectivity index (χ1) is 22.7. The quantitative estimate of drug-likeness (QED) is 0.285. The van der Waals surface area contributed by atoms with Crippen molar-refractivity contribution in [2.45, 2.75) is 87.2 Å². The first kappa shape index (κ1) is 42.0. The second kappa shape index (κ2) is 12.9. The zero-order valence-electron chi connectivity index (χ0n) is 25.8. The van der Waals surface area contributed by atoms with E-state index in [2.05, 4.69) is 10.3 Å². The molecular formula is C28H24F17N3O2S. The van der Waals surface area contributed by atoms with Crippen LogP contribution in [-0.2, 0) is 10.2 Å². The molecule has 0 aliphatic carbocycles. The third kappa shape index (κ3) is 6.70. The number of alkyl halides is 17. The van der Waals surface area contributed by atoms with Crippen molar-refractivity contribution in [1.29, 1.82) is 0 Å². The molecule has 0 radical (unpaired) electrons. The van der Waals surface area contributed by atoms with Gasteiger partial charge in [-0.1, -0.05) is 39.0 Å². The largest absolute Gasteiger partial charge is 0.435 e. The maximum Gasteiger partial charge on any atom is 0.435 e. The number of nitrogens with one attached hydrogen (secondary N) is 1. The molecule has 1 aliphatic heterocycles. The molecule has 1 atom stereocenters. The van der Waals surface area contributed by atoms with Crippen molar-refractivity contribution in [2.75, 3.05) is 18.4 Å². The lowest BCUT2D eigenvalue weighted by Gasteiger charge is -2.50. The van der Waals surface area contributed by atoms with E-state index in [1.807, 2.05) is 20.8 Å². The van der Waals surface area contributed by atoms with Crippen LogP contribution in [0.25, 0.3) is 0 Å². The molecule has 0 saturated carbocycles. The van der Waals surface area contributed by atoms with Gasteiger partial charge in [-0.15, -0.1) is 11.3 Å². The summed E-state index contributed by atoms with van der Waals surface area (Å²) in [4.78, 5) is 28.8. The van der Waals surface area contributed by atoms with Crippen molar-refractivity contribution in [3.8, 4) is 0 Å². The number of aromatic nitrogens is 1. The maximum absolute atomic E-state index is 15.2. The molecule has 51 heavy (non-hydrogen) atoms. The van der Waals surface area contributed by atoms with Gasteiger partial charge in [0, 0.05) is 30.1 Å². The Bertz CT molecular complexity index is 1560. The summed E-state index contributed by atoms with van der Waals surface area (Å²) in [5.74, 6) is -22.3. The van der Waals surface area contributed by atoms with E-state index in [1.54, 1.807) is 24.3 Å². The molecule has 1 aromatic heterocycles. The molecule has 23 heteroatoms. The minimum absolute atomic E-state index is 0.0510.